The summed E-state index contributed by atoms with van der Waals surface area (Å²) in [5.74, 6) is -0.286. The SMILES string of the molecule is CCCCCCCCC(=O)OC[C@H](COP(=O)(O)OCCN)OCCCCCC. The molecule has 0 amide bonds. The van der Waals surface area contributed by atoms with Crippen molar-refractivity contribution in [2.75, 3.05) is 33.0 Å². The van der Waals surface area contributed by atoms with Gasteiger partial charge in [0.05, 0.1) is 13.2 Å². The first-order valence-electron chi connectivity index (χ1n) is 11.0. The van der Waals surface area contributed by atoms with Gasteiger partial charge < -0.3 is 20.1 Å². The molecule has 0 rings (SSSR count). The zero-order valence-corrected chi connectivity index (χ0v) is 19.2. The van der Waals surface area contributed by atoms with Gasteiger partial charge in [-0.05, 0) is 12.8 Å². The van der Waals surface area contributed by atoms with E-state index >= 15 is 0 Å². The molecule has 0 saturated carbocycles. The Kier molecular flexibility index (Phi) is 19.1. The van der Waals surface area contributed by atoms with Gasteiger partial charge in [-0.1, -0.05) is 65.2 Å². The van der Waals surface area contributed by atoms with Gasteiger partial charge in [0.15, 0.2) is 0 Å². The van der Waals surface area contributed by atoms with Crippen molar-refractivity contribution in [1.29, 1.82) is 0 Å². The molecule has 0 spiro atoms. The van der Waals surface area contributed by atoms with Crippen molar-refractivity contribution in [3.8, 4) is 0 Å². The summed E-state index contributed by atoms with van der Waals surface area (Å²) < 4.78 is 32.4. The molecule has 29 heavy (non-hydrogen) atoms. The Morgan fingerprint density at radius 3 is 2.17 bits per heavy atom. The molecule has 0 radical (unpaired) electrons. The molecule has 0 aliphatic heterocycles. The van der Waals surface area contributed by atoms with Gasteiger partial charge in [0.2, 0.25) is 0 Å². The summed E-state index contributed by atoms with van der Waals surface area (Å²) in [5, 5.41) is 0. The molecule has 3 N–H and O–H groups in total. The second-order valence-electron chi connectivity index (χ2n) is 7.14. The van der Waals surface area contributed by atoms with Crippen LogP contribution in [0, 0.1) is 0 Å². The van der Waals surface area contributed by atoms with Gasteiger partial charge in [0.1, 0.15) is 12.7 Å². The van der Waals surface area contributed by atoms with E-state index in [0.717, 1.165) is 44.9 Å². The lowest BCUT2D eigenvalue weighted by Gasteiger charge is -2.20. The van der Waals surface area contributed by atoms with E-state index in [2.05, 4.69) is 13.8 Å². The van der Waals surface area contributed by atoms with E-state index in [1.165, 1.54) is 19.3 Å². The molecule has 0 bridgehead atoms. The van der Waals surface area contributed by atoms with Crippen LogP contribution in [0.15, 0.2) is 0 Å². The molecule has 0 aromatic carbocycles. The number of phosphoric acid groups is 1. The van der Waals surface area contributed by atoms with Gasteiger partial charge in [-0.15, -0.1) is 0 Å². The normalized spacial score (nSPS) is 14.5. The number of unbranched alkanes of at least 4 members (excludes halogenated alkanes) is 8. The van der Waals surface area contributed by atoms with Crippen molar-refractivity contribution >= 4 is 13.8 Å². The minimum Gasteiger partial charge on any atom is -0.463 e. The fourth-order valence-corrected chi connectivity index (χ4v) is 3.38. The molecule has 0 aromatic rings. The van der Waals surface area contributed by atoms with Crippen LogP contribution < -0.4 is 5.73 Å². The second kappa shape index (κ2) is 19.5. The number of rotatable bonds is 21. The fourth-order valence-electron chi connectivity index (χ4n) is 2.61. The highest BCUT2D eigenvalue weighted by atomic mass is 31.2. The molecule has 0 fully saturated rings. The minimum absolute atomic E-state index is 0.0145. The van der Waals surface area contributed by atoms with Gasteiger partial charge in [-0.3, -0.25) is 13.8 Å². The number of nitrogens with two attached hydrogens (primary N) is 1. The Morgan fingerprint density at radius 1 is 0.897 bits per heavy atom. The first-order chi connectivity index (χ1) is 13.9. The lowest BCUT2D eigenvalue weighted by atomic mass is 10.1. The first kappa shape index (κ1) is 28.5. The Bertz CT molecular complexity index is 437. The quantitative estimate of drug-likeness (QED) is 0.154. The zero-order valence-electron chi connectivity index (χ0n) is 18.3. The maximum absolute atomic E-state index is 11.9. The van der Waals surface area contributed by atoms with Crippen LogP contribution in [-0.2, 0) is 27.9 Å². The molecule has 0 aliphatic carbocycles. The summed E-state index contributed by atoms with van der Waals surface area (Å²) in [4.78, 5) is 21.5. The van der Waals surface area contributed by atoms with Crippen molar-refractivity contribution in [3.05, 3.63) is 0 Å². The molecule has 0 heterocycles. The lowest BCUT2D eigenvalue weighted by molar-refractivity contribution is -0.149. The van der Waals surface area contributed by atoms with Crippen LogP contribution in [0.25, 0.3) is 0 Å². The zero-order chi connectivity index (χ0) is 21.8. The third-order valence-electron chi connectivity index (χ3n) is 4.31. The number of hydrogen-bond donors (Lipinski definition) is 2. The van der Waals surface area contributed by atoms with Gasteiger partial charge in [0, 0.05) is 19.6 Å². The van der Waals surface area contributed by atoms with E-state index in [4.69, 9.17) is 24.3 Å². The van der Waals surface area contributed by atoms with E-state index < -0.39 is 13.9 Å². The third kappa shape index (κ3) is 19.2. The molecule has 0 saturated heterocycles. The number of hydrogen-bond acceptors (Lipinski definition) is 7. The number of carbonyl (C=O) groups excluding carboxylic acids is 1. The van der Waals surface area contributed by atoms with Crippen molar-refractivity contribution in [3.63, 3.8) is 0 Å². The molecular formula is C20H42NO7P. The summed E-state index contributed by atoms with van der Waals surface area (Å²) in [6.07, 6.45) is 10.5. The van der Waals surface area contributed by atoms with Crippen LogP contribution in [0.2, 0.25) is 0 Å². The fraction of sp³-hybridized carbons (Fsp3) is 0.950. The van der Waals surface area contributed by atoms with E-state index in [1.54, 1.807) is 0 Å². The standard InChI is InChI=1S/C20H42NO7P/c1-3-5-7-9-10-11-13-20(22)26-17-19(25-15-12-8-6-4-2)18-28-29(23,24)27-16-14-21/h19H,3-18,21H2,1-2H3,(H,23,24)/t19-/m1/s1. The van der Waals surface area contributed by atoms with E-state index in [0.29, 0.717) is 13.0 Å². The average Bonchev–Trinajstić information content (AvgIpc) is 2.70. The Hall–Kier alpha value is -0.500. The first-order valence-corrected chi connectivity index (χ1v) is 12.5. The third-order valence-corrected chi connectivity index (χ3v) is 5.30. The highest BCUT2D eigenvalue weighted by Gasteiger charge is 2.24. The van der Waals surface area contributed by atoms with Crippen LogP contribution in [-0.4, -0.2) is 49.9 Å². The summed E-state index contributed by atoms with van der Waals surface area (Å²) in [7, 11) is -4.19. The van der Waals surface area contributed by atoms with Crippen LogP contribution in [0.4, 0.5) is 0 Å². The van der Waals surface area contributed by atoms with Gasteiger partial charge in [-0.2, -0.15) is 0 Å². The predicted octanol–water partition coefficient (Wildman–Crippen LogP) is 4.34. The van der Waals surface area contributed by atoms with Gasteiger partial charge in [-0.25, -0.2) is 4.57 Å². The largest absolute Gasteiger partial charge is 0.472 e. The Balaban J connectivity index is 4.24. The van der Waals surface area contributed by atoms with Crippen LogP contribution in [0.3, 0.4) is 0 Å². The number of carbonyl (C=O) groups is 1. The van der Waals surface area contributed by atoms with Crippen molar-refractivity contribution in [1.82, 2.24) is 0 Å². The molecule has 2 atom stereocenters. The molecule has 9 heteroatoms. The average molecular weight is 440 g/mol. The summed E-state index contributed by atoms with van der Waals surface area (Å²) in [5.41, 5.74) is 5.26. The molecule has 174 valence electrons. The molecule has 0 aliphatic rings. The monoisotopic (exact) mass is 439 g/mol. The Labute approximate surface area is 176 Å². The molecule has 8 nitrogen and oxygen atoms in total. The van der Waals surface area contributed by atoms with Crippen molar-refractivity contribution < 1.29 is 32.8 Å². The van der Waals surface area contributed by atoms with Gasteiger partial charge >= 0.3 is 13.8 Å². The van der Waals surface area contributed by atoms with Crippen LogP contribution >= 0.6 is 7.82 Å². The smallest absolute Gasteiger partial charge is 0.463 e. The highest BCUT2D eigenvalue weighted by molar-refractivity contribution is 7.47. The molecule has 0 aromatic heterocycles. The van der Waals surface area contributed by atoms with E-state index in [-0.39, 0.29) is 32.3 Å². The molecule has 1 unspecified atom stereocenters. The topological polar surface area (TPSA) is 117 Å². The van der Waals surface area contributed by atoms with Crippen molar-refractivity contribution in [2.45, 2.75) is 90.6 Å². The highest BCUT2D eigenvalue weighted by Crippen LogP contribution is 2.43. The van der Waals surface area contributed by atoms with E-state index in [9.17, 15) is 14.3 Å². The Morgan fingerprint density at radius 2 is 1.52 bits per heavy atom. The van der Waals surface area contributed by atoms with Crippen molar-refractivity contribution in [2.24, 2.45) is 5.73 Å². The number of esters is 1. The molecular weight excluding hydrogens is 397 g/mol. The minimum atomic E-state index is -4.19. The number of phosphoric ester groups is 1. The predicted molar refractivity (Wildman–Crippen MR) is 114 cm³/mol. The summed E-state index contributed by atoms with van der Waals surface area (Å²) in [6, 6.07) is 0. The second-order valence-corrected chi connectivity index (χ2v) is 8.59. The van der Waals surface area contributed by atoms with Crippen LogP contribution in [0.5, 0.6) is 0 Å². The van der Waals surface area contributed by atoms with E-state index in [1.807, 2.05) is 0 Å². The summed E-state index contributed by atoms with van der Waals surface area (Å²) >= 11 is 0. The number of ether oxygens (including phenoxy) is 2. The lowest BCUT2D eigenvalue weighted by Crippen LogP contribution is -2.27. The van der Waals surface area contributed by atoms with Gasteiger partial charge in [0.25, 0.3) is 0 Å². The van der Waals surface area contributed by atoms with Crippen LogP contribution in [0.1, 0.15) is 84.5 Å². The summed E-state index contributed by atoms with van der Waals surface area (Å²) in [6.45, 7) is 4.59. The maximum atomic E-state index is 11.9. The maximum Gasteiger partial charge on any atom is 0.472 e.